The van der Waals surface area contributed by atoms with Gasteiger partial charge in [0.2, 0.25) is 0 Å². The van der Waals surface area contributed by atoms with Crippen LogP contribution in [0.15, 0.2) is 48.5 Å². The van der Waals surface area contributed by atoms with Gasteiger partial charge in [-0.15, -0.1) is 0 Å². The summed E-state index contributed by atoms with van der Waals surface area (Å²) in [5.74, 6) is 0. The van der Waals surface area contributed by atoms with Gasteiger partial charge >= 0.3 is 0 Å². The average Bonchev–Trinajstić information content (AvgIpc) is 2.36. The molecule has 2 N–H and O–H groups in total. The van der Waals surface area contributed by atoms with Gasteiger partial charge in [0, 0.05) is 11.1 Å². The lowest BCUT2D eigenvalue weighted by molar-refractivity contribution is -0.381. The molecule has 0 aliphatic heterocycles. The minimum atomic E-state index is -0.343. The molecule has 18 heavy (non-hydrogen) atoms. The number of nitrogens with two attached hydrogens (primary N) is 1. The zero-order valence-corrected chi connectivity index (χ0v) is 9.46. The number of anilines is 1. The second-order valence-corrected chi connectivity index (χ2v) is 4.15. The van der Waals surface area contributed by atoms with Crippen molar-refractivity contribution in [2.75, 3.05) is 5.73 Å². The van der Waals surface area contributed by atoms with Gasteiger partial charge in [0.15, 0.2) is 0 Å². The van der Waals surface area contributed by atoms with Crippen molar-refractivity contribution in [3.63, 3.8) is 0 Å². The van der Waals surface area contributed by atoms with Crippen molar-refractivity contribution in [1.82, 2.24) is 0 Å². The van der Waals surface area contributed by atoms with Gasteiger partial charge in [0.05, 0.1) is 15.7 Å². The van der Waals surface area contributed by atoms with Crippen molar-refractivity contribution in [3.05, 3.63) is 58.6 Å². The molecule has 3 aromatic carbocycles. The molecule has 3 aromatic rings. The van der Waals surface area contributed by atoms with Crippen LogP contribution in [0.2, 0.25) is 0 Å². The predicted octanol–water partition coefficient (Wildman–Crippen LogP) is 3.48. The first-order valence-electron chi connectivity index (χ1n) is 5.53. The van der Waals surface area contributed by atoms with Gasteiger partial charge < -0.3 is 5.73 Å². The molecule has 0 heterocycles. The molecule has 0 bridgehead atoms. The minimum Gasteiger partial charge on any atom is -0.398 e. The van der Waals surface area contributed by atoms with Gasteiger partial charge in [-0.3, -0.25) is 10.1 Å². The summed E-state index contributed by atoms with van der Waals surface area (Å²) in [5, 5.41) is 14.1. The Hall–Kier alpha value is -2.62. The number of fused-ring (bicyclic) bond motifs is 2. The fourth-order valence-electron chi connectivity index (χ4n) is 2.29. The maximum Gasteiger partial charge on any atom is 0.285 e. The summed E-state index contributed by atoms with van der Waals surface area (Å²) in [4.78, 5) is 11.0. The smallest absolute Gasteiger partial charge is 0.285 e. The Balaban J connectivity index is 2.63. The lowest BCUT2D eigenvalue weighted by Crippen LogP contribution is -1.94. The van der Waals surface area contributed by atoms with Crippen molar-refractivity contribution in [2.24, 2.45) is 0 Å². The minimum absolute atomic E-state index is 0.121. The monoisotopic (exact) mass is 238 g/mol. The first kappa shape index (κ1) is 10.5. The van der Waals surface area contributed by atoms with E-state index in [1.165, 1.54) is 0 Å². The molecule has 0 saturated carbocycles. The largest absolute Gasteiger partial charge is 0.398 e. The SMILES string of the molecule is Nc1cccc2c([N+](=O)[O-])c3ccccc3cc12. The highest BCUT2D eigenvalue weighted by Crippen LogP contribution is 2.36. The van der Waals surface area contributed by atoms with Crippen LogP contribution in [0.3, 0.4) is 0 Å². The van der Waals surface area contributed by atoms with Crippen LogP contribution in [-0.2, 0) is 0 Å². The lowest BCUT2D eigenvalue weighted by atomic mass is 10.0. The number of hydrogen-bond acceptors (Lipinski definition) is 3. The molecule has 0 aliphatic carbocycles. The average molecular weight is 238 g/mol. The Morgan fingerprint density at radius 3 is 2.44 bits per heavy atom. The highest BCUT2D eigenvalue weighted by molar-refractivity contribution is 6.11. The zero-order chi connectivity index (χ0) is 12.7. The van der Waals surface area contributed by atoms with E-state index in [0.717, 1.165) is 10.8 Å². The molecule has 4 heteroatoms. The maximum absolute atomic E-state index is 11.3. The number of rotatable bonds is 1. The highest BCUT2D eigenvalue weighted by Gasteiger charge is 2.17. The number of nitro groups is 1. The van der Waals surface area contributed by atoms with Gasteiger partial charge in [-0.25, -0.2) is 0 Å². The zero-order valence-electron chi connectivity index (χ0n) is 9.46. The normalized spacial score (nSPS) is 10.9. The summed E-state index contributed by atoms with van der Waals surface area (Å²) in [5.41, 5.74) is 6.57. The van der Waals surface area contributed by atoms with Crippen LogP contribution in [0.1, 0.15) is 0 Å². The van der Waals surface area contributed by atoms with Gasteiger partial charge in [-0.2, -0.15) is 0 Å². The molecule has 0 aliphatic rings. The van der Waals surface area contributed by atoms with E-state index in [1.807, 2.05) is 18.2 Å². The first-order valence-corrected chi connectivity index (χ1v) is 5.53. The number of hydrogen-bond donors (Lipinski definition) is 1. The lowest BCUT2D eigenvalue weighted by Gasteiger charge is -2.06. The molecule has 88 valence electrons. The topological polar surface area (TPSA) is 69.2 Å². The summed E-state index contributed by atoms with van der Waals surface area (Å²) in [6, 6.07) is 14.4. The third kappa shape index (κ3) is 1.39. The molecular weight excluding hydrogens is 228 g/mol. The third-order valence-electron chi connectivity index (χ3n) is 3.09. The Morgan fingerprint density at radius 1 is 0.944 bits per heavy atom. The number of benzene rings is 3. The standard InChI is InChI=1S/C14H10N2O2/c15-13-7-3-6-11-12(13)8-9-4-1-2-5-10(9)14(11)16(17)18/h1-8H,15H2. The Labute approximate surface area is 103 Å². The van der Waals surface area contributed by atoms with Crippen LogP contribution in [0.25, 0.3) is 21.5 Å². The summed E-state index contributed by atoms with van der Waals surface area (Å²) in [6.45, 7) is 0. The summed E-state index contributed by atoms with van der Waals surface area (Å²) >= 11 is 0. The fraction of sp³-hybridized carbons (Fsp3) is 0. The summed E-state index contributed by atoms with van der Waals surface area (Å²) < 4.78 is 0. The molecule has 0 fully saturated rings. The molecule has 3 rings (SSSR count). The summed E-state index contributed by atoms with van der Waals surface area (Å²) in [6.07, 6.45) is 0. The van der Waals surface area contributed by atoms with E-state index in [0.29, 0.717) is 16.5 Å². The van der Waals surface area contributed by atoms with Crippen LogP contribution < -0.4 is 5.73 Å². The van der Waals surface area contributed by atoms with Gasteiger partial charge in [-0.05, 0) is 29.7 Å². The number of nitro benzene ring substituents is 1. The fourth-order valence-corrected chi connectivity index (χ4v) is 2.29. The Kier molecular flexibility index (Phi) is 2.16. The molecule has 0 amide bonds. The van der Waals surface area contributed by atoms with E-state index >= 15 is 0 Å². The van der Waals surface area contributed by atoms with Crippen molar-refractivity contribution in [1.29, 1.82) is 0 Å². The van der Waals surface area contributed by atoms with E-state index in [4.69, 9.17) is 5.73 Å². The van der Waals surface area contributed by atoms with Gasteiger partial charge in [-0.1, -0.05) is 24.3 Å². The first-order chi connectivity index (χ1) is 8.68. The van der Waals surface area contributed by atoms with E-state index < -0.39 is 0 Å². The number of non-ortho nitro benzene ring substituents is 1. The van der Waals surface area contributed by atoms with Crippen LogP contribution in [0, 0.1) is 10.1 Å². The molecule has 0 radical (unpaired) electrons. The highest BCUT2D eigenvalue weighted by atomic mass is 16.6. The molecule has 0 aromatic heterocycles. The summed E-state index contributed by atoms with van der Waals surface area (Å²) in [7, 11) is 0. The van der Waals surface area contributed by atoms with E-state index in [9.17, 15) is 10.1 Å². The van der Waals surface area contributed by atoms with E-state index in [2.05, 4.69) is 0 Å². The van der Waals surface area contributed by atoms with Gasteiger partial charge in [0.1, 0.15) is 0 Å². The van der Waals surface area contributed by atoms with Crippen LogP contribution in [0.4, 0.5) is 11.4 Å². The Morgan fingerprint density at radius 2 is 1.67 bits per heavy atom. The second-order valence-electron chi connectivity index (χ2n) is 4.15. The predicted molar refractivity (Wildman–Crippen MR) is 72.5 cm³/mol. The Bertz CT molecular complexity index is 781. The molecule has 4 nitrogen and oxygen atoms in total. The second kappa shape index (κ2) is 3.70. The third-order valence-corrected chi connectivity index (χ3v) is 3.09. The van der Waals surface area contributed by atoms with Crippen LogP contribution in [-0.4, -0.2) is 4.92 Å². The van der Waals surface area contributed by atoms with Crippen molar-refractivity contribution in [3.8, 4) is 0 Å². The van der Waals surface area contributed by atoms with Gasteiger partial charge in [0.25, 0.3) is 5.69 Å². The van der Waals surface area contributed by atoms with E-state index in [1.54, 1.807) is 30.3 Å². The molecular formula is C14H10N2O2. The number of nitrogens with zero attached hydrogens (tertiary/aromatic N) is 1. The maximum atomic E-state index is 11.3. The van der Waals surface area contributed by atoms with Crippen LogP contribution >= 0.6 is 0 Å². The van der Waals surface area contributed by atoms with E-state index in [-0.39, 0.29) is 10.6 Å². The van der Waals surface area contributed by atoms with Crippen molar-refractivity contribution < 1.29 is 4.92 Å². The number of nitrogen functional groups attached to an aromatic ring is 1. The molecule has 0 unspecified atom stereocenters. The van der Waals surface area contributed by atoms with Crippen LogP contribution in [0.5, 0.6) is 0 Å². The molecule has 0 atom stereocenters. The molecule has 0 saturated heterocycles. The molecule has 0 spiro atoms. The van der Waals surface area contributed by atoms with Crippen molar-refractivity contribution in [2.45, 2.75) is 0 Å². The van der Waals surface area contributed by atoms with Crippen molar-refractivity contribution >= 4 is 32.9 Å². The quantitative estimate of drug-likeness (QED) is 0.305.